The fourth-order valence-corrected chi connectivity index (χ4v) is 3.43. The molecule has 0 aromatic heterocycles. The lowest BCUT2D eigenvalue weighted by Gasteiger charge is -2.29. The average Bonchev–Trinajstić information content (AvgIpc) is 2.87. The summed E-state index contributed by atoms with van der Waals surface area (Å²) in [6.45, 7) is 4.70. The van der Waals surface area contributed by atoms with E-state index in [9.17, 15) is 14.7 Å². The third kappa shape index (κ3) is 3.96. The van der Waals surface area contributed by atoms with Crippen LogP contribution in [0.15, 0.2) is 0 Å². The molecule has 1 aliphatic carbocycles. The van der Waals surface area contributed by atoms with Crippen LogP contribution < -0.4 is 0 Å². The van der Waals surface area contributed by atoms with E-state index in [4.69, 9.17) is 4.74 Å². The summed E-state index contributed by atoms with van der Waals surface area (Å²) in [6, 6.07) is 0. The lowest BCUT2D eigenvalue weighted by Crippen LogP contribution is -2.41. The molecule has 1 unspecified atom stereocenters. The van der Waals surface area contributed by atoms with Crippen LogP contribution in [0.1, 0.15) is 52.4 Å². The SMILES string of the molecule is CCC(OC1CCCCC1)C(=O)N1C[C@@H](C)[C@H](C(=O)O)C1. The molecule has 0 radical (unpaired) electrons. The van der Waals surface area contributed by atoms with E-state index in [0.717, 1.165) is 12.8 Å². The number of nitrogens with zero attached hydrogens (tertiary/aromatic N) is 1. The molecule has 3 atom stereocenters. The van der Waals surface area contributed by atoms with Crippen molar-refractivity contribution in [1.29, 1.82) is 0 Å². The standard InChI is InChI=1S/C16H27NO4/c1-3-14(21-12-7-5-4-6-8-12)15(18)17-9-11(2)13(10-17)16(19)20/h11-14H,3-10H2,1-2H3,(H,19,20)/t11-,13-,14?/m1/s1. The number of aliphatic carboxylic acids is 1. The van der Waals surface area contributed by atoms with Crippen LogP contribution in [-0.2, 0) is 14.3 Å². The van der Waals surface area contributed by atoms with Crippen LogP contribution in [0.2, 0.25) is 0 Å². The van der Waals surface area contributed by atoms with Gasteiger partial charge in [-0.2, -0.15) is 0 Å². The van der Waals surface area contributed by atoms with E-state index in [0.29, 0.717) is 19.5 Å². The number of carboxylic acid groups (broad SMARTS) is 1. The van der Waals surface area contributed by atoms with Crippen molar-refractivity contribution >= 4 is 11.9 Å². The third-order valence-electron chi connectivity index (χ3n) is 4.80. The fourth-order valence-electron chi connectivity index (χ4n) is 3.43. The van der Waals surface area contributed by atoms with E-state index in [2.05, 4.69) is 0 Å². The second-order valence-electron chi connectivity index (χ2n) is 6.46. The molecule has 0 aromatic rings. The van der Waals surface area contributed by atoms with Gasteiger partial charge >= 0.3 is 5.97 Å². The molecule has 0 spiro atoms. The number of likely N-dealkylation sites (tertiary alicyclic amines) is 1. The number of hydrogen-bond acceptors (Lipinski definition) is 3. The molecule has 0 aromatic carbocycles. The van der Waals surface area contributed by atoms with Crippen molar-refractivity contribution in [2.24, 2.45) is 11.8 Å². The van der Waals surface area contributed by atoms with Crippen LogP contribution in [0.25, 0.3) is 0 Å². The van der Waals surface area contributed by atoms with E-state index in [1.807, 2.05) is 13.8 Å². The summed E-state index contributed by atoms with van der Waals surface area (Å²) in [7, 11) is 0. The van der Waals surface area contributed by atoms with Gasteiger partial charge in [0.25, 0.3) is 5.91 Å². The maximum Gasteiger partial charge on any atom is 0.308 e. The minimum absolute atomic E-state index is 0.0126. The zero-order valence-electron chi connectivity index (χ0n) is 13.1. The molecule has 21 heavy (non-hydrogen) atoms. The summed E-state index contributed by atoms with van der Waals surface area (Å²) in [6.07, 6.45) is 6.13. The lowest BCUT2D eigenvalue weighted by molar-refractivity contribution is -0.149. The second kappa shape index (κ2) is 7.25. The molecule has 5 nitrogen and oxygen atoms in total. The number of amides is 1. The van der Waals surface area contributed by atoms with Crippen LogP contribution in [0, 0.1) is 11.8 Å². The predicted octanol–water partition coefficient (Wildman–Crippen LogP) is 2.29. The van der Waals surface area contributed by atoms with Gasteiger partial charge in [-0.25, -0.2) is 0 Å². The summed E-state index contributed by atoms with van der Waals surface area (Å²) in [5, 5.41) is 9.17. The van der Waals surface area contributed by atoms with Gasteiger partial charge in [-0.3, -0.25) is 9.59 Å². The quantitative estimate of drug-likeness (QED) is 0.845. The topological polar surface area (TPSA) is 66.8 Å². The molecule has 2 fully saturated rings. The molecule has 5 heteroatoms. The third-order valence-corrected chi connectivity index (χ3v) is 4.80. The Labute approximate surface area is 126 Å². The summed E-state index contributed by atoms with van der Waals surface area (Å²) in [4.78, 5) is 25.4. The van der Waals surface area contributed by atoms with E-state index >= 15 is 0 Å². The van der Waals surface area contributed by atoms with Gasteiger partial charge in [0.2, 0.25) is 0 Å². The van der Waals surface area contributed by atoms with Gasteiger partial charge in [-0.15, -0.1) is 0 Å². The minimum Gasteiger partial charge on any atom is -0.481 e. The Kier molecular flexibility index (Phi) is 5.62. The van der Waals surface area contributed by atoms with E-state index in [-0.39, 0.29) is 17.9 Å². The molecule has 1 aliphatic heterocycles. The Morgan fingerprint density at radius 1 is 1.24 bits per heavy atom. The first kappa shape index (κ1) is 16.3. The number of carboxylic acids is 1. The van der Waals surface area contributed by atoms with Crippen molar-refractivity contribution in [1.82, 2.24) is 4.90 Å². The van der Waals surface area contributed by atoms with Gasteiger partial charge in [0.15, 0.2) is 0 Å². The Hall–Kier alpha value is -1.10. The Morgan fingerprint density at radius 2 is 1.90 bits per heavy atom. The molecule has 2 rings (SSSR count). The summed E-state index contributed by atoms with van der Waals surface area (Å²) < 4.78 is 6.01. The van der Waals surface area contributed by atoms with Crippen LogP contribution in [0.3, 0.4) is 0 Å². The minimum atomic E-state index is -0.806. The molecule has 1 saturated carbocycles. The predicted molar refractivity (Wildman–Crippen MR) is 78.9 cm³/mol. The Bertz CT molecular complexity index is 378. The van der Waals surface area contributed by atoms with Crippen molar-refractivity contribution in [2.45, 2.75) is 64.6 Å². The monoisotopic (exact) mass is 297 g/mol. The van der Waals surface area contributed by atoms with E-state index in [1.165, 1.54) is 19.3 Å². The van der Waals surface area contributed by atoms with Gasteiger partial charge in [0, 0.05) is 13.1 Å². The first-order valence-corrected chi connectivity index (χ1v) is 8.20. The molecule has 1 amide bonds. The van der Waals surface area contributed by atoms with Crippen molar-refractivity contribution < 1.29 is 19.4 Å². The van der Waals surface area contributed by atoms with Crippen molar-refractivity contribution in [3.05, 3.63) is 0 Å². The maximum absolute atomic E-state index is 12.6. The van der Waals surface area contributed by atoms with Gasteiger partial charge in [-0.05, 0) is 25.2 Å². The zero-order valence-corrected chi connectivity index (χ0v) is 13.1. The number of carbonyl (C=O) groups excluding carboxylic acids is 1. The smallest absolute Gasteiger partial charge is 0.308 e. The highest BCUT2D eigenvalue weighted by Crippen LogP contribution is 2.26. The molecule has 2 aliphatic rings. The molecular weight excluding hydrogens is 270 g/mol. The summed E-state index contributed by atoms with van der Waals surface area (Å²) in [5.41, 5.74) is 0. The zero-order chi connectivity index (χ0) is 15.4. The molecule has 120 valence electrons. The van der Waals surface area contributed by atoms with Crippen LogP contribution >= 0.6 is 0 Å². The molecule has 1 saturated heterocycles. The maximum atomic E-state index is 12.6. The lowest BCUT2D eigenvalue weighted by atomic mass is 9.97. The first-order chi connectivity index (χ1) is 10.0. The van der Waals surface area contributed by atoms with Crippen LogP contribution in [0.5, 0.6) is 0 Å². The highest BCUT2D eigenvalue weighted by molar-refractivity contribution is 5.82. The average molecular weight is 297 g/mol. The van der Waals surface area contributed by atoms with Gasteiger partial charge in [0.1, 0.15) is 6.10 Å². The highest BCUT2D eigenvalue weighted by atomic mass is 16.5. The van der Waals surface area contributed by atoms with Crippen molar-refractivity contribution in [3.8, 4) is 0 Å². The van der Waals surface area contributed by atoms with Gasteiger partial charge in [0.05, 0.1) is 12.0 Å². The van der Waals surface area contributed by atoms with E-state index in [1.54, 1.807) is 4.90 Å². The van der Waals surface area contributed by atoms with E-state index < -0.39 is 18.0 Å². The number of ether oxygens (including phenoxy) is 1. The van der Waals surface area contributed by atoms with Crippen molar-refractivity contribution in [2.75, 3.05) is 13.1 Å². The summed E-state index contributed by atoms with van der Waals surface area (Å²) >= 11 is 0. The summed E-state index contributed by atoms with van der Waals surface area (Å²) in [5.74, 6) is -1.27. The van der Waals surface area contributed by atoms with Crippen LogP contribution in [-0.4, -0.2) is 47.2 Å². The molecule has 0 bridgehead atoms. The fraction of sp³-hybridized carbons (Fsp3) is 0.875. The number of rotatable bonds is 5. The second-order valence-corrected chi connectivity index (χ2v) is 6.46. The first-order valence-electron chi connectivity index (χ1n) is 8.20. The molecular formula is C16H27NO4. The van der Waals surface area contributed by atoms with Gasteiger partial charge < -0.3 is 14.7 Å². The Balaban J connectivity index is 1.92. The number of carbonyl (C=O) groups is 2. The Morgan fingerprint density at radius 3 is 2.43 bits per heavy atom. The van der Waals surface area contributed by atoms with Crippen molar-refractivity contribution in [3.63, 3.8) is 0 Å². The largest absolute Gasteiger partial charge is 0.481 e. The molecule has 1 N–H and O–H groups in total. The normalized spacial score (nSPS) is 28.6. The number of hydrogen-bond donors (Lipinski definition) is 1. The van der Waals surface area contributed by atoms with Gasteiger partial charge in [-0.1, -0.05) is 33.1 Å². The highest BCUT2D eigenvalue weighted by Gasteiger charge is 2.39. The molecule has 1 heterocycles. The van der Waals surface area contributed by atoms with Crippen LogP contribution in [0.4, 0.5) is 0 Å².